The summed E-state index contributed by atoms with van der Waals surface area (Å²) in [4.78, 5) is 16.7. The maximum atomic E-state index is 12.5. The Bertz CT molecular complexity index is 754. The first-order chi connectivity index (χ1) is 12.0. The molecule has 2 heterocycles. The van der Waals surface area contributed by atoms with Crippen molar-refractivity contribution in [1.82, 2.24) is 20.1 Å². The van der Waals surface area contributed by atoms with Crippen LogP contribution in [0.2, 0.25) is 0 Å². The third-order valence-corrected chi connectivity index (χ3v) is 4.49. The second-order valence-electron chi connectivity index (χ2n) is 6.46. The molecule has 1 unspecified atom stereocenters. The van der Waals surface area contributed by atoms with Gasteiger partial charge in [-0.15, -0.1) is 0 Å². The van der Waals surface area contributed by atoms with E-state index in [1.165, 1.54) is 4.68 Å². The predicted molar refractivity (Wildman–Crippen MR) is 91.8 cm³/mol. The second kappa shape index (κ2) is 7.10. The number of ether oxygens (including phenoxy) is 1. The van der Waals surface area contributed by atoms with E-state index in [-0.39, 0.29) is 30.5 Å². The van der Waals surface area contributed by atoms with E-state index >= 15 is 0 Å². The summed E-state index contributed by atoms with van der Waals surface area (Å²) in [7, 11) is 1.57. The molecule has 1 fully saturated rings. The van der Waals surface area contributed by atoms with Crippen LogP contribution in [0.15, 0.2) is 24.5 Å². The summed E-state index contributed by atoms with van der Waals surface area (Å²) in [5.41, 5.74) is 7.47. The highest BCUT2D eigenvalue weighted by molar-refractivity contribution is 5.76. The van der Waals surface area contributed by atoms with E-state index < -0.39 is 0 Å². The van der Waals surface area contributed by atoms with Gasteiger partial charge in [0.15, 0.2) is 0 Å². The van der Waals surface area contributed by atoms with Crippen LogP contribution in [0.5, 0.6) is 5.75 Å². The maximum Gasteiger partial charge on any atom is 0.242 e. The van der Waals surface area contributed by atoms with Gasteiger partial charge < -0.3 is 20.9 Å². The van der Waals surface area contributed by atoms with Crippen molar-refractivity contribution < 1.29 is 14.6 Å². The van der Waals surface area contributed by atoms with E-state index in [9.17, 15) is 9.90 Å². The topological polar surface area (TPSA) is 115 Å². The van der Waals surface area contributed by atoms with E-state index in [0.29, 0.717) is 24.4 Å². The van der Waals surface area contributed by atoms with Gasteiger partial charge in [0.25, 0.3) is 0 Å². The average molecular weight is 345 g/mol. The number of carbonyl (C=O) groups is 1. The second-order valence-corrected chi connectivity index (χ2v) is 6.46. The first-order valence-corrected chi connectivity index (χ1v) is 8.22. The molecule has 8 heteroatoms. The number of amides is 1. The monoisotopic (exact) mass is 345 g/mol. The van der Waals surface area contributed by atoms with Gasteiger partial charge in [-0.2, -0.15) is 5.10 Å². The van der Waals surface area contributed by atoms with Crippen molar-refractivity contribution in [3.63, 3.8) is 0 Å². The number of carbonyl (C=O) groups excluding carboxylic acids is 1. The van der Waals surface area contributed by atoms with Gasteiger partial charge in [-0.05, 0) is 37.3 Å². The number of aromatic nitrogens is 3. The molecule has 1 saturated carbocycles. The Morgan fingerprint density at radius 1 is 1.48 bits per heavy atom. The van der Waals surface area contributed by atoms with Crippen molar-refractivity contribution in [3.8, 4) is 5.75 Å². The van der Waals surface area contributed by atoms with E-state index in [0.717, 1.165) is 11.3 Å². The number of methoxy groups -OCH3 is 1. The van der Waals surface area contributed by atoms with Crippen molar-refractivity contribution in [1.29, 1.82) is 0 Å². The predicted octanol–water partition coefficient (Wildman–Crippen LogP) is 0.806. The van der Waals surface area contributed by atoms with Gasteiger partial charge in [0.05, 0.1) is 31.1 Å². The van der Waals surface area contributed by atoms with E-state index in [4.69, 9.17) is 10.5 Å². The lowest BCUT2D eigenvalue weighted by molar-refractivity contribution is -0.123. The van der Waals surface area contributed by atoms with Crippen LogP contribution in [-0.4, -0.2) is 39.0 Å². The first-order valence-electron chi connectivity index (χ1n) is 8.22. The smallest absolute Gasteiger partial charge is 0.242 e. The molecule has 1 aliphatic carbocycles. The summed E-state index contributed by atoms with van der Waals surface area (Å²) in [6.45, 7) is 1.87. The molecule has 4 N–H and O–H groups in total. The number of nitrogen functional groups attached to an aromatic ring is 1. The van der Waals surface area contributed by atoms with Crippen molar-refractivity contribution in [2.45, 2.75) is 38.5 Å². The molecule has 0 saturated heterocycles. The summed E-state index contributed by atoms with van der Waals surface area (Å²) in [5.74, 6) is 1.04. The highest BCUT2D eigenvalue weighted by Crippen LogP contribution is 2.38. The SMILES string of the molecule is COc1cncc(C(NC(=O)Cn2nc(C)cc2N)C2CC(O)C2)c1. The molecule has 1 amide bonds. The zero-order valence-corrected chi connectivity index (χ0v) is 14.3. The highest BCUT2D eigenvalue weighted by Gasteiger charge is 2.36. The van der Waals surface area contributed by atoms with Crippen molar-refractivity contribution >= 4 is 11.7 Å². The lowest BCUT2D eigenvalue weighted by Crippen LogP contribution is -2.42. The van der Waals surface area contributed by atoms with Gasteiger partial charge in [0.1, 0.15) is 18.1 Å². The summed E-state index contributed by atoms with van der Waals surface area (Å²) in [5, 5.41) is 16.9. The van der Waals surface area contributed by atoms with E-state index in [2.05, 4.69) is 15.4 Å². The fourth-order valence-electron chi connectivity index (χ4n) is 3.14. The number of hydrogen-bond acceptors (Lipinski definition) is 6. The third kappa shape index (κ3) is 3.90. The van der Waals surface area contributed by atoms with Crippen LogP contribution in [-0.2, 0) is 11.3 Å². The fraction of sp³-hybridized carbons (Fsp3) is 0.471. The Morgan fingerprint density at radius 3 is 2.84 bits per heavy atom. The summed E-state index contributed by atoms with van der Waals surface area (Å²) < 4.78 is 6.69. The quantitative estimate of drug-likeness (QED) is 0.713. The molecule has 0 radical (unpaired) electrons. The highest BCUT2D eigenvalue weighted by atomic mass is 16.5. The number of aliphatic hydroxyl groups excluding tert-OH is 1. The normalized spacial score (nSPS) is 20.6. The molecule has 8 nitrogen and oxygen atoms in total. The Balaban J connectivity index is 1.75. The van der Waals surface area contributed by atoms with Crippen molar-refractivity contribution in [2.24, 2.45) is 5.92 Å². The number of aliphatic hydroxyl groups is 1. The van der Waals surface area contributed by atoms with Crippen LogP contribution in [0.1, 0.15) is 30.1 Å². The minimum atomic E-state index is -0.313. The van der Waals surface area contributed by atoms with Crippen LogP contribution >= 0.6 is 0 Å². The van der Waals surface area contributed by atoms with Crippen LogP contribution < -0.4 is 15.8 Å². The van der Waals surface area contributed by atoms with Gasteiger partial charge in [-0.25, -0.2) is 4.68 Å². The standard InChI is InChI=1S/C17H23N5O3/c1-10-3-15(18)22(21-10)9-16(24)20-17(11-4-13(23)5-11)12-6-14(25-2)8-19-7-12/h3,6-8,11,13,17,23H,4-5,9,18H2,1-2H3,(H,20,24). The zero-order valence-electron chi connectivity index (χ0n) is 14.3. The molecule has 1 atom stereocenters. The molecule has 0 aromatic carbocycles. The first kappa shape index (κ1) is 17.2. The molecule has 134 valence electrons. The number of aryl methyl sites for hydroxylation is 1. The molecule has 2 aromatic rings. The van der Waals surface area contributed by atoms with Gasteiger partial charge in [-0.3, -0.25) is 9.78 Å². The molecule has 25 heavy (non-hydrogen) atoms. The number of pyridine rings is 1. The zero-order chi connectivity index (χ0) is 18.0. The number of rotatable bonds is 6. The van der Waals surface area contributed by atoms with Crippen molar-refractivity contribution in [3.05, 3.63) is 35.8 Å². The Kier molecular flexibility index (Phi) is 4.89. The minimum absolute atomic E-state index is 0.0445. The fourth-order valence-corrected chi connectivity index (χ4v) is 3.14. The third-order valence-electron chi connectivity index (χ3n) is 4.49. The van der Waals surface area contributed by atoms with Gasteiger partial charge >= 0.3 is 0 Å². The molecular formula is C17H23N5O3. The van der Waals surface area contributed by atoms with Crippen molar-refractivity contribution in [2.75, 3.05) is 12.8 Å². The number of hydrogen-bond donors (Lipinski definition) is 3. The van der Waals surface area contributed by atoms with Gasteiger partial charge in [0.2, 0.25) is 5.91 Å². The molecule has 0 aliphatic heterocycles. The minimum Gasteiger partial charge on any atom is -0.495 e. The summed E-state index contributed by atoms with van der Waals surface area (Å²) >= 11 is 0. The summed E-state index contributed by atoms with van der Waals surface area (Å²) in [6, 6.07) is 3.34. The molecule has 3 rings (SSSR count). The lowest BCUT2D eigenvalue weighted by Gasteiger charge is -2.38. The number of nitrogens with one attached hydrogen (secondary N) is 1. The molecule has 0 spiro atoms. The largest absolute Gasteiger partial charge is 0.495 e. The van der Waals surface area contributed by atoms with E-state index in [1.807, 2.05) is 13.0 Å². The Hall–Kier alpha value is -2.61. The van der Waals surface area contributed by atoms with Gasteiger partial charge in [0, 0.05) is 12.3 Å². The van der Waals surface area contributed by atoms with E-state index in [1.54, 1.807) is 25.6 Å². The maximum absolute atomic E-state index is 12.5. The molecule has 0 bridgehead atoms. The van der Waals surface area contributed by atoms with Crippen LogP contribution in [0.3, 0.4) is 0 Å². The molecule has 2 aromatic heterocycles. The number of nitrogens with two attached hydrogens (primary N) is 1. The van der Waals surface area contributed by atoms with Crippen LogP contribution in [0, 0.1) is 12.8 Å². The summed E-state index contributed by atoms with van der Waals surface area (Å²) in [6.07, 6.45) is 4.30. The van der Waals surface area contributed by atoms with Gasteiger partial charge in [-0.1, -0.05) is 0 Å². The number of anilines is 1. The average Bonchev–Trinajstić information content (AvgIpc) is 2.87. The molecule has 1 aliphatic rings. The Labute approximate surface area is 146 Å². The Morgan fingerprint density at radius 2 is 2.24 bits per heavy atom. The van der Waals surface area contributed by atoms with Crippen LogP contribution in [0.4, 0.5) is 5.82 Å². The van der Waals surface area contributed by atoms with Crippen LogP contribution in [0.25, 0.3) is 0 Å². The molecular weight excluding hydrogens is 322 g/mol. The number of nitrogens with zero attached hydrogens (tertiary/aromatic N) is 3. The lowest BCUT2D eigenvalue weighted by atomic mass is 9.75.